The predicted octanol–water partition coefficient (Wildman–Crippen LogP) is 2.72. The summed E-state index contributed by atoms with van der Waals surface area (Å²) in [7, 11) is 1.42. The summed E-state index contributed by atoms with van der Waals surface area (Å²) < 4.78 is 23.4. The van der Waals surface area contributed by atoms with Crippen molar-refractivity contribution in [2.24, 2.45) is 0 Å². The van der Waals surface area contributed by atoms with E-state index in [-0.39, 0.29) is 17.0 Å². The van der Waals surface area contributed by atoms with Crippen LogP contribution in [-0.4, -0.2) is 30.2 Å². The molecule has 0 fully saturated rings. The Balaban J connectivity index is 2.03. The lowest BCUT2D eigenvalue weighted by atomic mass is 10.2. The van der Waals surface area contributed by atoms with Gasteiger partial charge in [0.2, 0.25) is 0 Å². The van der Waals surface area contributed by atoms with Crippen molar-refractivity contribution in [1.29, 1.82) is 0 Å². The molecule has 0 aromatic heterocycles. The lowest BCUT2D eigenvalue weighted by Gasteiger charge is -2.14. The summed E-state index contributed by atoms with van der Waals surface area (Å²) in [4.78, 5) is 24.0. The van der Waals surface area contributed by atoms with Gasteiger partial charge >= 0.3 is 5.97 Å². The summed E-state index contributed by atoms with van der Waals surface area (Å²) >= 11 is 0. The van der Waals surface area contributed by atoms with Crippen molar-refractivity contribution in [1.82, 2.24) is 0 Å². The van der Waals surface area contributed by atoms with Crippen molar-refractivity contribution in [3.8, 4) is 11.5 Å². The normalized spacial score (nSPS) is 11.5. The van der Waals surface area contributed by atoms with Crippen LogP contribution in [0.5, 0.6) is 11.5 Å². The molecule has 0 aliphatic carbocycles. The summed E-state index contributed by atoms with van der Waals surface area (Å²) in [5.74, 6) is -2.14. The van der Waals surface area contributed by atoms with E-state index in [0.717, 1.165) is 0 Å². The minimum Gasteiger partial charge on any atom is -0.507 e. The number of hydrogen-bond acceptors (Lipinski definition) is 5. The van der Waals surface area contributed by atoms with Crippen LogP contribution in [-0.2, 0) is 9.53 Å². The molecule has 2 rings (SSSR count). The number of anilines is 1. The fraction of sp³-hybridized carbons (Fsp3) is 0.176. The Morgan fingerprint density at radius 2 is 1.92 bits per heavy atom. The Bertz CT molecular complexity index is 762. The number of amides is 1. The average Bonchev–Trinajstić information content (AvgIpc) is 2.56. The summed E-state index contributed by atoms with van der Waals surface area (Å²) in [6.07, 6.45) is -1.18. The van der Waals surface area contributed by atoms with Gasteiger partial charge in [0.25, 0.3) is 5.91 Å². The summed E-state index contributed by atoms with van der Waals surface area (Å²) in [5, 5.41) is 12.1. The highest BCUT2D eigenvalue weighted by atomic mass is 19.1. The quantitative estimate of drug-likeness (QED) is 0.822. The van der Waals surface area contributed by atoms with Gasteiger partial charge in [-0.1, -0.05) is 12.1 Å². The number of para-hydroxylation sites is 1. The van der Waals surface area contributed by atoms with Crippen molar-refractivity contribution in [2.75, 3.05) is 12.4 Å². The van der Waals surface area contributed by atoms with Crippen LogP contribution < -0.4 is 10.1 Å². The molecular weight excluding hydrogens is 317 g/mol. The Morgan fingerprint density at radius 1 is 1.21 bits per heavy atom. The number of carbonyl (C=O) groups excluding carboxylic acids is 2. The van der Waals surface area contributed by atoms with E-state index in [9.17, 15) is 19.1 Å². The number of benzene rings is 2. The molecule has 0 heterocycles. The SMILES string of the molecule is COc1ccc(C(=O)O[C@@H](C)C(=O)Nc2ccccc2F)c(O)c1. The molecule has 0 spiro atoms. The first-order chi connectivity index (χ1) is 11.4. The smallest absolute Gasteiger partial charge is 0.342 e. The third kappa shape index (κ3) is 4.01. The number of phenolic OH excluding ortho intramolecular Hbond substituents is 1. The minimum atomic E-state index is -1.18. The number of aromatic hydroxyl groups is 1. The van der Waals surface area contributed by atoms with Crippen LogP contribution in [0.3, 0.4) is 0 Å². The first kappa shape index (κ1) is 17.3. The van der Waals surface area contributed by atoms with Crippen molar-refractivity contribution < 1.29 is 28.6 Å². The van der Waals surface area contributed by atoms with Crippen LogP contribution in [0.25, 0.3) is 0 Å². The number of halogens is 1. The molecule has 2 N–H and O–H groups in total. The van der Waals surface area contributed by atoms with Crippen molar-refractivity contribution in [3.63, 3.8) is 0 Å². The Kier molecular flexibility index (Phi) is 5.36. The van der Waals surface area contributed by atoms with Crippen LogP contribution in [0.15, 0.2) is 42.5 Å². The second kappa shape index (κ2) is 7.45. The van der Waals surface area contributed by atoms with Crippen LogP contribution in [0.4, 0.5) is 10.1 Å². The number of methoxy groups -OCH3 is 1. The standard InChI is InChI=1S/C17H16FNO5/c1-10(16(21)19-14-6-4-3-5-13(14)18)24-17(22)12-8-7-11(23-2)9-15(12)20/h3-10,20H,1-2H3,(H,19,21)/t10-/m0/s1. The summed E-state index contributed by atoms with van der Waals surface area (Å²) in [6.45, 7) is 1.34. The molecule has 24 heavy (non-hydrogen) atoms. The topological polar surface area (TPSA) is 84.9 Å². The molecule has 6 nitrogen and oxygen atoms in total. The van der Waals surface area contributed by atoms with Crippen molar-refractivity contribution in [2.45, 2.75) is 13.0 Å². The molecule has 2 aromatic rings. The van der Waals surface area contributed by atoms with Crippen LogP contribution >= 0.6 is 0 Å². The zero-order chi connectivity index (χ0) is 17.7. The second-order valence-electron chi connectivity index (χ2n) is 4.90. The molecule has 126 valence electrons. The monoisotopic (exact) mass is 333 g/mol. The molecule has 0 aliphatic heterocycles. The molecule has 0 saturated carbocycles. The van der Waals surface area contributed by atoms with E-state index >= 15 is 0 Å². The first-order valence-electron chi connectivity index (χ1n) is 7.05. The highest BCUT2D eigenvalue weighted by molar-refractivity contribution is 5.98. The van der Waals surface area contributed by atoms with Gasteiger partial charge in [0.1, 0.15) is 22.9 Å². The predicted molar refractivity (Wildman–Crippen MR) is 84.6 cm³/mol. The number of phenols is 1. The minimum absolute atomic E-state index is 0.0160. The van der Waals surface area contributed by atoms with E-state index in [2.05, 4.69) is 5.32 Å². The molecule has 0 unspecified atom stereocenters. The highest BCUT2D eigenvalue weighted by Gasteiger charge is 2.22. The third-order valence-electron chi connectivity index (χ3n) is 3.21. The number of nitrogens with one attached hydrogen (secondary N) is 1. The van der Waals surface area contributed by atoms with Gasteiger partial charge in [-0.3, -0.25) is 4.79 Å². The zero-order valence-corrected chi connectivity index (χ0v) is 13.1. The second-order valence-corrected chi connectivity index (χ2v) is 4.90. The van der Waals surface area contributed by atoms with E-state index in [1.54, 1.807) is 6.07 Å². The van der Waals surface area contributed by atoms with Crippen LogP contribution in [0.1, 0.15) is 17.3 Å². The Labute approximate surface area is 137 Å². The molecule has 1 amide bonds. The summed E-state index contributed by atoms with van der Waals surface area (Å²) in [5.41, 5.74) is -0.126. The van der Waals surface area contributed by atoms with Gasteiger partial charge in [-0.05, 0) is 31.2 Å². The fourth-order valence-electron chi connectivity index (χ4n) is 1.89. The fourth-order valence-corrected chi connectivity index (χ4v) is 1.89. The number of hydrogen-bond donors (Lipinski definition) is 2. The first-order valence-corrected chi connectivity index (χ1v) is 7.05. The average molecular weight is 333 g/mol. The molecular formula is C17H16FNO5. The van der Waals surface area contributed by atoms with E-state index in [1.807, 2.05) is 0 Å². The molecule has 0 aliphatic rings. The van der Waals surface area contributed by atoms with Gasteiger partial charge in [-0.25, -0.2) is 9.18 Å². The molecule has 7 heteroatoms. The Morgan fingerprint density at radius 3 is 2.54 bits per heavy atom. The van der Waals surface area contributed by atoms with Gasteiger partial charge in [0, 0.05) is 6.07 Å². The lowest BCUT2D eigenvalue weighted by Crippen LogP contribution is -2.30. The maximum absolute atomic E-state index is 13.5. The number of carbonyl (C=O) groups is 2. The molecule has 0 saturated heterocycles. The van der Waals surface area contributed by atoms with E-state index < -0.39 is 23.8 Å². The third-order valence-corrected chi connectivity index (χ3v) is 3.21. The van der Waals surface area contributed by atoms with Crippen LogP contribution in [0.2, 0.25) is 0 Å². The number of ether oxygens (including phenoxy) is 2. The van der Waals surface area contributed by atoms with Gasteiger partial charge in [-0.15, -0.1) is 0 Å². The van der Waals surface area contributed by atoms with Gasteiger partial charge in [0.05, 0.1) is 12.8 Å². The van der Waals surface area contributed by atoms with Gasteiger partial charge in [0.15, 0.2) is 6.10 Å². The molecule has 2 aromatic carbocycles. The van der Waals surface area contributed by atoms with E-state index in [4.69, 9.17) is 9.47 Å². The molecule has 0 radical (unpaired) electrons. The maximum Gasteiger partial charge on any atom is 0.342 e. The molecule has 1 atom stereocenters. The van der Waals surface area contributed by atoms with E-state index in [0.29, 0.717) is 5.75 Å². The number of rotatable bonds is 5. The zero-order valence-electron chi connectivity index (χ0n) is 13.1. The van der Waals surface area contributed by atoms with Crippen molar-refractivity contribution in [3.05, 3.63) is 53.8 Å². The lowest BCUT2D eigenvalue weighted by molar-refractivity contribution is -0.123. The number of esters is 1. The molecule has 0 bridgehead atoms. The van der Waals surface area contributed by atoms with Gasteiger partial charge in [-0.2, -0.15) is 0 Å². The summed E-state index contributed by atoms with van der Waals surface area (Å²) in [6, 6.07) is 9.67. The Hall–Kier alpha value is -3.09. The van der Waals surface area contributed by atoms with Crippen molar-refractivity contribution >= 4 is 17.6 Å². The van der Waals surface area contributed by atoms with E-state index in [1.165, 1.54) is 50.4 Å². The maximum atomic E-state index is 13.5. The van der Waals surface area contributed by atoms with Gasteiger partial charge < -0.3 is 19.9 Å². The highest BCUT2D eigenvalue weighted by Crippen LogP contribution is 2.24. The largest absolute Gasteiger partial charge is 0.507 e. The van der Waals surface area contributed by atoms with Crippen LogP contribution in [0, 0.1) is 5.82 Å².